The number of fused-ring (bicyclic) bond motifs is 6. The first kappa shape index (κ1) is 30.5. The average molecular weight is 676 g/mol. The van der Waals surface area contributed by atoms with Crippen molar-refractivity contribution < 1.29 is 35.8 Å². The van der Waals surface area contributed by atoms with Crippen LogP contribution in [0.25, 0.3) is 22.2 Å². The van der Waals surface area contributed by atoms with Crippen LogP contribution in [-0.4, -0.2) is 81.8 Å². The normalized spacial score (nSPS) is 33.1. The second-order valence-electron chi connectivity index (χ2n) is 14.8. The zero-order valence-electron chi connectivity index (χ0n) is 26.4. The third kappa shape index (κ3) is 4.28. The molecule has 1 spiro atoms. The number of piperazine rings is 1. The first-order valence-corrected chi connectivity index (χ1v) is 16.5. The van der Waals surface area contributed by atoms with Gasteiger partial charge in [-0.1, -0.05) is 0 Å². The summed E-state index contributed by atoms with van der Waals surface area (Å²) in [6, 6.07) is 2.00. The lowest BCUT2D eigenvalue weighted by Gasteiger charge is -2.42. The number of benzene rings is 1. The maximum absolute atomic E-state index is 16.9. The van der Waals surface area contributed by atoms with Crippen molar-refractivity contribution in [1.82, 2.24) is 25.2 Å². The van der Waals surface area contributed by atoms with E-state index in [4.69, 9.17) is 20.2 Å². The van der Waals surface area contributed by atoms with Gasteiger partial charge in [0.25, 0.3) is 5.92 Å². The molecule has 3 N–H and O–H groups in total. The Bertz CT molecular complexity index is 1870. The molecule has 7 heterocycles. The molecule has 5 fully saturated rings. The topological polar surface area (TPSA) is 102 Å². The quantitative estimate of drug-likeness (QED) is 0.275. The Morgan fingerprint density at radius 1 is 1.15 bits per heavy atom. The molecule has 48 heavy (non-hydrogen) atoms. The maximum atomic E-state index is 16.9. The van der Waals surface area contributed by atoms with Crippen molar-refractivity contribution in [3.8, 4) is 23.1 Å². The van der Waals surface area contributed by atoms with Crippen LogP contribution in [0.1, 0.15) is 56.6 Å². The van der Waals surface area contributed by atoms with Crippen molar-refractivity contribution in [2.45, 2.75) is 94.2 Å². The van der Waals surface area contributed by atoms with Crippen LogP contribution in [0.5, 0.6) is 11.9 Å². The lowest BCUT2D eigenvalue weighted by atomic mass is 9.89. The third-order valence-electron chi connectivity index (χ3n) is 11.7. The smallest absolute Gasteiger partial charge is 0.417 e. The van der Waals surface area contributed by atoms with Gasteiger partial charge in [-0.15, -0.1) is 0 Å². The van der Waals surface area contributed by atoms with Gasteiger partial charge in [-0.05, 0) is 70.2 Å². The lowest BCUT2D eigenvalue weighted by Crippen LogP contribution is -2.62. The average Bonchev–Trinajstić information content (AvgIpc) is 3.32. The molecule has 0 radical (unpaired) electrons. The van der Waals surface area contributed by atoms with E-state index < -0.39 is 51.8 Å². The lowest BCUT2D eigenvalue weighted by molar-refractivity contribution is -0.137. The number of hydrogen-bond donors (Lipinski definition) is 2. The van der Waals surface area contributed by atoms with Gasteiger partial charge in [-0.25, -0.2) is 18.2 Å². The Labute approximate surface area is 272 Å². The number of aromatic nitrogens is 3. The largest absolute Gasteiger partial charge is 0.472 e. The molecule has 1 saturated carbocycles. The molecule has 15 heteroatoms. The predicted octanol–water partition coefficient (Wildman–Crippen LogP) is 5.47. The van der Waals surface area contributed by atoms with Gasteiger partial charge in [-0.3, -0.25) is 4.90 Å². The van der Waals surface area contributed by atoms with Gasteiger partial charge in [0.15, 0.2) is 5.82 Å². The van der Waals surface area contributed by atoms with Crippen molar-refractivity contribution in [3.05, 3.63) is 29.1 Å². The van der Waals surface area contributed by atoms with E-state index in [1.807, 2.05) is 6.92 Å². The Hall–Kier alpha value is -3.59. The van der Waals surface area contributed by atoms with Gasteiger partial charge < -0.3 is 25.4 Å². The molecule has 6 atom stereocenters. The molecule has 1 unspecified atom stereocenters. The SMILES string of the molecule is Cc1cc(N)cc(-c2nc3c4c(nc(OC[C@@]56CCCN5CC5(CC5(F)F)C6)nc4c2F)N2C[C@H]4CC[C@H](N4)[C@H]2[C@H](C)O3)c1C(F)(F)F. The Morgan fingerprint density at radius 2 is 1.94 bits per heavy atom. The van der Waals surface area contributed by atoms with E-state index in [-0.39, 0.29) is 71.6 Å². The Kier molecular flexibility index (Phi) is 6.20. The van der Waals surface area contributed by atoms with Crippen molar-refractivity contribution in [2.75, 3.05) is 36.9 Å². The number of hydrogen-bond acceptors (Lipinski definition) is 9. The number of aryl methyl sites for hydroxylation is 1. The number of halogens is 6. The van der Waals surface area contributed by atoms with E-state index >= 15 is 4.39 Å². The molecular formula is C33H35F6N7O2. The molecule has 1 aromatic carbocycles. The monoisotopic (exact) mass is 675 g/mol. The summed E-state index contributed by atoms with van der Waals surface area (Å²) in [5, 5.41) is 3.76. The number of anilines is 2. The van der Waals surface area contributed by atoms with E-state index in [0.29, 0.717) is 31.9 Å². The summed E-state index contributed by atoms with van der Waals surface area (Å²) in [5.74, 6) is -3.56. The number of ether oxygens (including phenoxy) is 2. The zero-order chi connectivity index (χ0) is 33.5. The second-order valence-corrected chi connectivity index (χ2v) is 14.8. The molecule has 1 aliphatic carbocycles. The maximum Gasteiger partial charge on any atom is 0.417 e. The van der Waals surface area contributed by atoms with E-state index in [1.165, 1.54) is 13.0 Å². The Morgan fingerprint density at radius 3 is 2.69 bits per heavy atom. The number of nitrogen functional groups attached to an aromatic ring is 1. The van der Waals surface area contributed by atoms with Gasteiger partial charge >= 0.3 is 12.2 Å². The molecular weight excluding hydrogens is 640 g/mol. The molecule has 9 nitrogen and oxygen atoms in total. The first-order valence-electron chi connectivity index (χ1n) is 16.5. The fraction of sp³-hybridized carbons (Fsp3) is 0.606. The minimum Gasteiger partial charge on any atom is -0.472 e. The molecule has 256 valence electrons. The second kappa shape index (κ2) is 9.77. The van der Waals surface area contributed by atoms with Gasteiger partial charge in [-0.2, -0.15) is 23.1 Å². The standard InChI is InChI=1S/C33H35F6N7O2/c1-15-8-17(40)9-19(22(15)33(37,38)39)24-23(34)25-21-27(46-10-18-4-5-20(41-18)26(46)16(2)48-28(21)42-24)44-29(43-25)47-14-31-6-3-7-45(31)13-30(11-31)12-32(30,35)36/h8-9,16,18,20,26,41H,3-7,10-14,40H2,1-2H3/t16-,18+,20-,26+,30?,31-/m0/s1. The van der Waals surface area contributed by atoms with Crippen LogP contribution in [0.4, 0.5) is 37.8 Å². The minimum atomic E-state index is -4.83. The van der Waals surface area contributed by atoms with Crippen molar-refractivity contribution >= 4 is 22.4 Å². The predicted molar refractivity (Wildman–Crippen MR) is 164 cm³/mol. The molecule has 3 aromatic rings. The van der Waals surface area contributed by atoms with Gasteiger partial charge in [0.1, 0.15) is 35.1 Å². The molecule has 6 aliphatic rings. The van der Waals surface area contributed by atoms with Gasteiger partial charge in [0, 0.05) is 42.8 Å². The summed E-state index contributed by atoms with van der Waals surface area (Å²) >= 11 is 0. The summed E-state index contributed by atoms with van der Waals surface area (Å²) < 4.78 is 102. The van der Waals surface area contributed by atoms with Crippen LogP contribution in [0, 0.1) is 18.2 Å². The third-order valence-corrected chi connectivity index (χ3v) is 11.7. The highest BCUT2D eigenvalue weighted by atomic mass is 19.4. The number of nitrogens with zero attached hydrogens (tertiary/aromatic N) is 5. The van der Waals surface area contributed by atoms with E-state index in [9.17, 15) is 22.0 Å². The fourth-order valence-corrected chi connectivity index (χ4v) is 9.56. The van der Waals surface area contributed by atoms with Crippen LogP contribution in [0.3, 0.4) is 0 Å². The van der Waals surface area contributed by atoms with E-state index in [2.05, 4.69) is 25.1 Å². The molecule has 5 aliphatic heterocycles. The number of rotatable bonds is 4. The van der Waals surface area contributed by atoms with Crippen LogP contribution in [0.15, 0.2) is 12.1 Å². The van der Waals surface area contributed by atoms with E-state index in [0.717, 1.165) is 25.3 Å². The molecule has 9 rings (SSSR count). The highest BCUT2D eigenvalue weighted by molar-refractivity contribution is 5.97. The van der Waals surface area contributed by atoms with Gasteiger partial charge in [0.05, 0.1) is 22.6 Å². The zero-order valence-corrected chi connectivity index (χ0v) is 26.4. The Balaban J connectivity index is 1.21. The minimum absolute atomic E-state index is 0.0135. The van der Waals surface area contributed by atoms with Crippen LogP contribution in [-0.2, 0) is 6.18 Å². The summed E-state index contributed by atoms with van der Waals surface area (Å²) in [7, 11) is 0. The molecule has 2 bridgehead atoms. The summed E-state index contributed by atoms with van der Waals surface area (Å²) in [4.78, 5) is 17.8. The summed E-state index contributed by atoms with van der Waals surface area (Å²) in [5.41, 5.74) is 1.65. The molecule has 2 aromatic heterocycles. The van der Waals surface area contributed by atoms with Crippen molar-refractivity contribution in [1.29, 1.82) is 0 Å². The van der Waals surface area contributed by atoms with Crippen LogP contribution >= 0.6 is 0 Å². The molecule has 0 amide bonds. The fourth-order valence-electron chi connectivity index (χ4n) is 9.56. The molecule has 4 saturated heterocycles. The number of pyridine rings is 1. The van der Waals surface area contributed by atoms with Crippen molar-refractivity contribution in [2.24, 2.45) is 5.41 Å². The van der Waals surface area contributed by atoms with Gasteiger partial charge in [0.2, 0.25) is 5.88 Å². The van der Waals surface area contributed by atoms with Crippen LogP contribution in [0.2, 0.25) is 0 Å². The highest BCUT2D eigenvalue weighted by Crippen LogP contribution is 2.69. The van der Waals surface area contributed by atoms with Crippen LogP contribution < -0.4 is 25.4 Å². The van der Waals surface area contributed by atoms with E-state index in [1.54, 1.807) is 0 Å². The highest BCUT2D eigenvalue weighted by Gasteiger charge is 2.77. The number of nitrogens with two attached hydrogens (primary N) is 1. The first-order chi connectivity index (χ1) is 22.7. The van der Waals surface area contributed by atoms with Crippen molar-refractivity contribution in [3.63, 3.8) is 0 Å². The summed E-state index contributed by atoms with van der Waals surface area (Å²) in [6.07, 6.45) is -1.89. The summed E-state index contributed by atoms with van der Waals surface area (Å²) in [6.45, 7) is 4.65. The number of nitrogens with one attached hydrogen (secondary N) is 1. The number of alkyl halides is 5.